The monoisotopic (exact) mass is 493 g/mol. The van der Waals surface area contributed by atoms with Gasteiger partial charge in [-0.2, -0.15) is 8.42 Å². The highest BCUT2D eigenvalue weighted by atomic mass is 32.2. The summed E-state index contributed by atoms with van der Waals surface area (Å²) in [5, 5.41) is 20.8. The van der Waals surface area contributed by atoms with Crippen LogP contribution in [0.1, 0.15) is 21.5 Å². The zero-order valence-electron chi connectivity index (χ0n) is 17.6. The van der Waals surface area contributed by atoms with Gasteiger partial charge in [0.1, 0.15) is 11.5 Å². The molecule has 0 atom stereocenters. The molecule has 1 aliphatic rings. The first-order chi connectivity index (χ1) is 16.6. The van der Waals surface area contributed by atoms with Crippen molar-refractivity contribution < 1.29 is 32.6 Å². The molecule has 0 aliphatic carbocycles. The summed E-state index contributed by atoms with van der Waals surface area (Å²) in [4.78, 5) is 40.5. The van der Waals surface area contributed by atoms with Crippen LogP contribution < -0.4 is 4.90 Å². The Hall–Kier alpha value is -4.68. The minimum Gasteiger partial charge on any atom is -0.478 e. The Kier molecular flexibility index (Phi) is 5.99. The number of carboxylic acids is 1. The average Bonchev–Trinajstić information content (AvgIpc) is 3.14. The fourth-order valence-corrected chi connectivity index (χ4v) is 3.95. The highest BCUT2D eigenvalue weighted by molar-refractivity contribution is 7.85. The summed E-state index contributed by atoms with van der Waals surface area (Å²) >= 11 is 0. The Morgan fingerprint density at radius 2 is 1.74 bits per heavy atom. The number of hydrogen-bond donors (Lipinski definition) is 2. The number of carbonyl (C=O) groups excluding carboxylic acids is 1. The van der Waals surface area contributed by atoms with Crippen LogP contribution in [0.25, 0.3) is 6.08 Å². The lowest BCUT2D eigenvalue weighted by Crippen LogP contribution is -2.34. The second-order valence-electron chi connectivity index (χ2n) is 7.28. The van der Waals surface area contributed by atoms with Crippen LogP contribution in [-0.2, 0) is 14.9 Å². The van der Waals surface area contributed by atoms with Crippen LogP contribution in [0.15, 0.2) is 88.4 Å². The van der Waals surface area contributed by atoms with Gasteiger partial charge in [0.2, 0.25) is 0 Å². The summed E-state index contributed by atoms with van der Waals surface area (Å²) in [5.41, 5.74) is -0.405. The van der Waals surface area contributed by atoms with Crippen LogP contribution in [0.4, 0.5) is 11.4 Å². The predicted molar refractivity (Wildman–Crippen MR) is 125 cm³/mol. The van der Waals surface area contributed by atoms with E-state index in [4.69, 9.17) is 0 Å². The zero-order valence-corrected chi connectivity index (χ0v) is 18.4. The molecule has 0 aromatic heterocycles. The van der Waals surface area contributed by atoms with Gasteiger partial charge in [-0.05, 0) is 29.8 Å². The molecule has 0 saturated carbocycles. The Morgan fingerprint density at radius 3 is 2.37 bits per heavy atom. The van der Waals surface area contributed by atoms with Gasteiger partial charge in [0.25, 0.3) is 21.7 Å². The van der Waals surface area contributed by atoms with Gasteiger partial charge in [0.05, 0.1) is 21.1 Å². The normalized spacial score (nSPS) is 14.8. The van der Waals surface area contributed by atoms with Gasteiger partial charge in [0, 0.05) is 17.7 Å². The number of carboxylic acid groups (broad SMARTS) is 1. The van der Waals surface area contributed by atoms with E-state index in [1.54, 1.807) is 30.3 Å². The van der Waals surface area contributed by atoms with Gasteiger partial charge in [-0.3, -0.25) is 24.4 Å². The molecular weight excluding hydrogens is 478 g/mol. The average molecular weight is 493 g/mol. The number of amidine groups is 1. The lowest BCUT2D eigenvalue weighted by Gasteiger charge is -2.21. The van der Waals surface area contributed by atoms with E-state index in [-0.39, 0.29) is 22.9 Å². The summed E-state index contributed by atoms with van der Waals surface area (Å²) in [5.74, 6) is -2.24. The van der Waals surface area contributed by atoms with E-state index in [2.05, 4.69) is 4.99 Å². The number of carbonyl (C=O) groups is 2. The van der Waals surface area contributed by atoms with Gasteiger partial charge in [-0.1, -0.05) is 42.5 Å². The third-order valence-electron chi connectivity index (χ3n) is 5.02. The quantitative estimate of drug-likeness (QED) is 0.228. The maximum Gasteiger partial charge on any atom is 0.337 e. The highest BCUT2D eigenvalue weighted by Crippen LogP contribution is 2.32. The molecule has 3 aromatic rings. The minimum atomic E-state index is -4.72. The highest BCUT2D eigenvalue weighted by Gasteiger charge is 2.35. The molecule has 1 aliphatic heterocycles. The fourth-order valence-electron chi connectivity index (χ4n) is 3.44. The van der Waals surface area contributed by atoms with Crippen molar-refractivity contribution in [3.8, 4) is 0 Å². The molecule has 1 heterocycles. The second-order valence-corrected chi connectivity index (χ2v) is 8.70. The number of aliphatic imine (C=N–C) groups is 1. The Labute approximate surface area is 198 Å². The van der Waals surface area contributed by atoms with Gasteiger partial charge < -0.3 is 5.11 Å². The molecule has 176 valence electrons. The van der Waals surface area contributed by atoms with Crippen molar-refractivity contribution in [2.24, 2.45) is 4.99 Å². The first-order valence-electron chi connectivity index (χ1n) is 9.86. The van der Waals surface area contributed by atoms with Crippen LogP contribution in [-0.4, -0.2) is 40.7 Å². The third-order valence-corrected chi connectivity index (χ3v) is 5.86. The molecule has 11 nitrogen and oxygen atoms in total. The van der Waals surface area contributed by atoms with E-state index >= 15 is 0 Å². The molecule has 4 rings (SSSR count). The van der Waals surface area contributed by atoms with Crippen LogP contribution in [0.2, 0.25) is 0 Å². The Bertz CT molecular complexity index is 1550. The first kappa shape index (κ1) is 23.5. The number of nitro groups is 1. The molecule has 0 unspecified atom stereocenters. The van der Waals surface area contributed by atoms with E-state index in [0.717, 1.165) is 23.1 Å². The van der Waals surface area contributed by atoms with Crippen molar-refractivity contribution >= 4 is 45.3 Å². The maximum atomic E-state index is 13.5. The molecule has 0 saturated heterocycles. The van der Waals surface area contributed by atoms with Gasteiger partial charge in [-0.25, -0.2) is 9.79 Å². The predicted octanol–water partition coefficient (Wildman–Crippen LogP) is 3.37. The summed E-state index contributed by atoms with van der Waals surface area (Å²) in [6.07, 6.45) is 1.30. The smallest absolute Gasteiger partial charge is 0.337 e. The van der Waals surface area contributed by atoms with E-state index in [1.165, 1.54) is 30.3 Å². The molecule has 0 spiro atoms. The number of nitro benzene ring substituents is 1. The molecule has 0 fully saturated rings. The molecule has 2 N–H and O–H groups in total. The van der Waals surface area contributed by atoms with Crippen LogP contribution in [0.5, 0.6) is 0 Å². The molecule has 1 amide bonds. The minimum absolute atomic E-state index is 0.00210. The number of aromatic carboxylic acids is 1. The Balaban J connectivity index is 1.93. The summed E-state index contributed by atoms with van der Waals surface area (Å²) in [7, 11) is -4.72. The topological polar surface area (TPSA) is 167 Å². The standard InChI is InChI=1S/C23H15N3O8S/c27-22-19(12-14-5-4-8-16(11-14)26(30)31)24-21(15-6-2-1-3-7-15)25(22)20-13-17(35(32,33)34)9-10-18(20)23(28)29/h1-13H,(H,28,29)(H,32,33,34)/b19-12-. The molecule has 3 aromatic carbocycles. The number of amides is 1. The molecule has 12 heteroatoms. The van der Waals surface area contributed by atoms with Crippen LogP contribution >= 0.6 is 0 Å². The van der Waals surface area contributed by atoms with E-state index < -0.39 is 37.4 Å². The second kappa shape index (κ2) is 8.93. The summed E-state index contributed by atoms with van der Waals surface area (Å²) in [6, 6.07) is 16.5. The maximum absolute atomic E-state index is 13.5. The van der Waals surface area contributed by atoms with Gasteiger partial charge >= 0.3 is 5.97 Å². The van der Waals surface area contributed by atoms with Crippen molar-refractivity contribution in [3.05, 3.63) is 105 Å². The molecule has 0 radical (unpaired) electrons. The SMILES string of the molecule is O=C(O)c1ccc(S(=O)(=O)O)cc1N1C(=O)/C(=C/c2cccc([N+](=O)[O-])c2)N=C1c1ccccc1. The number of hydrogen-bond acceptors (Lipinski definition) is 7. The van der Waals surface area contributed by atoms with Gasteiger partial charge in [-0.15, -0.1) is 0 Å². The van der Waals surface area contributed by atoms with Crippen molar-refractivity contribution in [1.29, 1.82) is 0 Å². The van der Waals surface area contributed by atoms with Crippen LogP contribution in [0.3, 0.4) is 0 Å². The number of rotatable bonds is 6. The lowest BCUT2D eigenvalue weighted by atomic mass is 10.1. The number of nitrogens with zero attached hydrogens (tertiary/aromatic N) is 3. The zero-order chi connectivity index (χ0) is 25.3. The van der Waals surface area contributed by atoms with E-state index in [1.807, 2.05) is 0 Å². The van der Waals surface area contributed by atoms with E-state index in [9.17, 15) is 37.8 Å². The number of benzene rings is 3. The Morgan fingerprint density at radius 1 is 1.03 bits per heavy atom. The van der Waals surface area contributed by atoms with Crippen molar-refractivity contribution in [1.82, 2.24) is 0 Å². The molecule has 0 bridgehead atoms. The van der Waals surface area contributed by atoms with E-state index in [0.29, 0.717) is 11.1 Å². The first-order valence-corrected chi connectivity index (χ1v) is 11.3. The fraction of sp³-hybridized carbons (Fsp3) is 0. The molecule has 35 heavy (non-hydrogen) atoms. The van der Waals surface area contributed by atoms with Crippen molar-refractivity contribution in [3.63, 3.8) is 0 Å². The molecular formula is C23H15N3O8S. The third kappa shape index (κ3) is 4.69. The van der Waals surface area contributed by atoms with Gasteiger partial charge in [0.15, 0.2) is 0 Å². The largest absolute Gasteiger partial charge is 0.478 e. The number of non-ortho nitro benzene ring substituents is 1. The lowest BCUT2D eigenvalue weighted by molar-refractivity contribution is -0.384. The van der Waals surface area contributed by atoms with Crippen molar-refractivity contribution in [2.75, 3.05) is 4.90 Å². The summed E-state index contributed by atoms with van der Waals surface area (Å²) in [6.45, 7) is 0. The van der Waals surface area contributed by atoms with Crippen LogP contribution in [0, 0.1) is 10.1 Å². The summed E-state index contributed by atoms with van der Waals surface area (Å²) < 4.78 is 32.9. The van der Waals surface area contributed by atoms with Crippen molar-refractivity contribution in [2.45, 2.75) is 4.90 Å². The number of anilines is 1.